The summed E-state index contributed by atoms with van der Waals surface area (Å²) < 4.78 is 21.6. The lowest BCUT2D eigenvalue weighted by Crippen LogP contribution is -2.38. The summed E-state index contributed by atoms with van der Waals surface area (Å²) in [6.07, 6.45) is -0.607. The van der Waals surface area contributed by atoms with Gasteiger partial charge in [0, 0.05) is 6.42 Å². The molecule has 0 aromatic carbocycles. The van der Waals surface area contributed by atoms with Crippen molar-refractivity contribution < 1.29 is 38.0 Å². The van der Waals surface area contributed by atoms with Gasteiger partial charge in [0.2, 0.25) is 0 Å². The average molecular weight is 356 g/mol. The predicted molar refractivity (Wildman–Crippen MR) is 85.8 cm³/mol. The van der Waals surface area contributed by atoms with E-state index in [1.807, 2.05) is 28.1 Å². The Labute approximate surface area is 138 Å². The molecule has 0 fully saturated rings. The number of hydrogen-bond acceptors (Lipinski definition) is 6. The van der Waals surface area contributed by atoms with Gasteiger partial charge in [-0.1, -0.05) is 19.8 Å². The second kappa shape index (κ2) is 10.5. The summed E-state index contributed by atoms with van der Waals surface area (Å²) in [5, 5.41) is 19.3. The van der Waals surface area contributed by atoms with E-state index in [0.717, 1.165) is 12.8 Å². The van der Waals surface area contributed by atoms with E-state index in [4.69, 9.17) is 4.52 Å². The van der Waals surface area contributed by atoms with Crippen LogP contribution in [0.25, 0.3) is 0 Å². The first-order chi connectivity index (χ1) is 10.5. The number of rotatable bonds is 13. The van der Waals surface area contributed by atoms with Crippen molar-refractivity contribution in [3.05, 3.63) is 0 Å². The zero-order valence-corrected chi connectivity index (χ0v) is 15.4. The molecule has 9 heteroatoms. The van der Waals surface area contributed by atoms with Crippen LogP contribution in [0.4, 0.5) is 0 Å². The van der Waals surface area contributed by atoms with Gasteiger partial charge in [0.05, 0.1) is 27.7 Å². The highest BCUT2D eigenvalue weighted by Gasteiger charge is 2.29. The first-order valence-electron chi connectivity index (χ1n) is 7.79. The molecule has 0 spiro atoms. The molecule has 3 atom stereocenters. The van der Waals surface area contributed by atoms with Crippen molar-refractivity contribution in [1.29, 1.82) is 0 Å². The van der Waals surface area contributed by atoms with Crippen LogP contribution in [0.15, 0.2) is 0 Å². The van der Waals surface area contributed by atoms with Crippen molar-refractivity contribution in [3.63, 3.8) is 0 Å². The standard InChI is InChI=1S/C14H30NO7P/c1-5-6-7-8-12(16)14(18)13(17)11-22-23(19,20)21-10-9-15(2,3)4/h13-14,17-18H,5-11H2,1-4H3/p+1/t13-,14?/m0/s1. The molecule has 0 saturated heterocycles. The van der Waals surface area contributed by atoms with E-state index >= 15 is 0 Å². The number of ketones is 1. The number of quaternary nitrogens is 1. The molecule has 0 aromatic heterocycles. The van der Waals surface area contributed by atoms with Crippen molar-refractivity contribution in [2.45, 2.75) is 44.8 Å². The van der Waals surface area contributed by atoms with Gasteiger partial charge >= 0.3 is 7.82 Å². The molecule has 23 heavy (non-hydrogen) atoms. The number of aliphatic hydroxyl groups excluding tert-OH is 2. The first kappa shape index (κ1) is 22.7. The van der Waals surface area contributed by atoms with E-state index in [1.165, 1.54) is 0 Å². The molecule has 0 amide bonds. The second-order valence-corrected chi connectivity index (χ2v) is 8.00. The third kappa shape index (κ3) is 11.8. The fourth-order valence-corrected chi connectivity index (χ4v) is 2.37. The number of carbonyl (C=O) groups is 1. The summed E-state index contributed by atoms with van der Waals surface area (Å²) in [5.74, 6) is -0.506. The lowest BCUT2D eigenvalue weighted by Gasteiger charge is -2.24. The number of hydrogen-bond donors (Lipinski definition) is 3. The number of carbonyl (C=O) groups excluding carboxylic acids is 1. The van der Waals surface area contributed by atoms with Crippen LogP contribution < -0.4 is 0 Å². The number of Topliss-reactive ketones (excluding diaryl/α,β-unsaturated/α-hetero) is 1. The minimum atomic E-state index is -4.32. The van der Waals surface area contributed by atoms with E-state index in [-0.39, 0.29) is 13.0 Å². The zero-order valence-electron chi connectivity index (χ0n) is 14.5. The highest BCUT2D eigenvalue weighted by molar-refractivity contribution is 7.47. The zero-order chi connectivity index (χ0) is 18.1. The van der Waals surface area contributed by atoms with Gasteiger partial charge in [-0.3, -0.25) is 13.8 Å². The maximum absolute atomic E-state index is 11.6. The third-order valence-corrected chi connectivity index (χ3v) is 4.13. The number of aliphatic hydroxyl groups is 2. The molecular formula is C14H31NO7P+. The molecule has 3 N–H and O–H groups in total. The smallest absolute Gasteiger partial charge is 0.388 e. The largest absolute Gasteiger partial charge is 0.472 e. The van der Waals surface area contributed by atoms with Crippen molar-refractivity contribution in [3.8, 4) is 0 Å². The van der Waals surface area contributed by atoms with Gasteiger partial charge in [-0.2, -0.15) is 0 Å². The molecule has 2 unspecified atom stereocenters. The van der Waals surface area contributed by atoms with Crippen LogP contribution in [0, 0.1) is 0 Å². The van der Waals surface area contributed by atoms with Crippen LogP contribution in [0.2, 0.25) is 0 Å². The Hall–Kier alpha value is -0.340. The number of phosphoric acid groups is 1. The van der Waals surface area contributed by atoms with E-state index in [2.05, 4.69) is 4.52 Å². The molecule has 0 aliphatic rings. The van der Waals surface area contributed by atoms with Crippen molar-refractivity contribution in [2.75, 3.05) is 40.9 Å². The van der Waals surface area contributed by atoms with Crippen molar-refractivity contribution >= 4 is 13.6 Å². The normalized spacial score (nSPS) is 17.5. The van der Waals surface area contributed by atoms with Crippen LogP contribution >= 0.6 is 7.82 Å². The van der Waals surface area contributed by atoms with Gasteiger partial charge < -0.3 is 19.6 Å². The summed E-state index contributed by atoms with van der Waals surface area (Å²) in [6.45, 7) is 1.83. The topological polar surface area (TPSA) is 113 Å². The molecular weight excluding hydrogens is 325 g/mol. The summed E-state index contributed by atoms with van der Waals surface area (Å²) in [5.41, 5.74) is 0. The van der Waals surface area contributed by atoms with Gasteiger partial charge in [-0.25, -0.2) is 4.57 Å². The van der Waals surface area contributed by atoms with Gasteiger partial charge in [-0.05, 0) is 6.42 Å². The monoisotopic (exact) mass is 356 g/mol. The maximum Gasteiger partial charge on any atom is 0.472 e. The fourth-order valence-electron chi connectivity index (χ4n) is 1.64. The van der Waals surface area contributed by atoms with Gasteiger partial charge in [-0.15, -0.1) is 0 Å². The molecule has 0 radical (unpaired) electrons. The van der Waals surface area contributed by atoms with Crippen LogP contribution in [0.3, 0.4) is 0 Å². The Morgan fingerprint density at radius 1 is 1.17 bits per heavy atom. The van der Waals surface area contributed by atoms with Crippen LogP contribution in [0.5, 0.6) is 0 Å². The van der Waals surface area contributed by atoms with Crippen LogP contribution in [-0.2, 0) is 18.4 Å². The molecule has 0 saturated carbocycles. The Bertz CT molecular complexity index is 397. The lowest BCUT2D eigenvalue weighted by atomic mass is 10.0. The molecule has 0 aliphatic carbocycles. The average Bonchev–Trinajstić information content (AvgIpc) is 2.42. The molecule has 138 valence electrons. The predicted octanol–water partition coefficient (Wildman–Crippen LogP) is 0.697. The Morgan fingerprint density at radius 3 is 2.30 bits per heavy atom. The number of phosphoric ester groups is 1. The maximum atomic E-state index is 11.6. The lowest BCUT2D eigenvalue weighted by molar-refractivity contribution is -0.870. The minimum absolute atomic E-state index is 0.00583. The van der Waals surface area contributed by atoms with E-state index < -0.39 is 32.4 Å². The highest BCUT2D eigenvalue weighted by atomic mass is 31.2. The van der Waals surface area contributed by atoms with E-state index in [9.17, 15) is 24.5 Å². The SMILES string of the molecule is CCCCCC(=O)C(O)[C@@H](O)COP(=O)(O)OCC[N+](C)(C)C. The second-order valence-electron chi connectivity index (χ2n) is 6.55. The van der Waals surface area contributed by atoms with Crippen LogP contribution in [0.1, 0.15) is 32.6 Å². The summed E-state index contributed by atoms with van der Waals surface area (Å²) >= 11 is 0. The number of likely N-dealkylation sites (N-methyl/N-ethyl adjacent to an activating group) is 1. The van der Waals surface area contributed by atoms with Crippen molar-refractivity contribution in [2.24, 2.45) is 0 Å². The number of unbranched alkanes of at least 4 members (excludes halogenated alkanes) is 2. The molecule has 0 aromatic rings. The third-order valence-electron chi connectivity index (χ3n) is 3.15. The van der Waals surface area contributed by atoms with Crippen molar-refractivity contribution in [1.82, 2.24) is 0 Å². The van der Waals surface area contributed by atoms with Gasteiger partial charge in [0.15, 0.2) is 5.78 Å². The summed E-state index contributed by atoms with van der Waals surface area (Å²) in [6, 6.07) is 0. The molecule has 0 rings (SSSR count). The molecule has 0 bridgehead atoms. The van der Waals surface area contributed by atoms with Gasteiger partial charge in [0.1, 0.15) is 25.4 Å². The van der Waals surface area contributed by atoms with E-state index in [0.29, 0.717) is 17.4 Å². The van der Waals surface area contributed by atoms with E-state index in [1.54, 1.807) is 0 Å². The van der Waals surface area contributed by atoms with Gasteiger partial charge in [0.25, 0.3) is 0 Å². The molecule has 0 heterocycles. The quantitative estimate of drug-likeness (QED) is 0.253. The minimum Gasteiger partial charge on any atom is -0.388 e. The Balaban J connectivity index is 4.16. The highest BCUT2D eigenvalue weighted by Crippen LogP contribution is 2.43. The molecule has 0 aliphatic heterocycles. The Morgan fingerprint density at radius 2 is 1.78 bits per heavy atom. The fraction of sp³-hybridized carbons (Fsp3) is 0.929. The molecule has 8 nitrogen and oxygen atoms in total. The summed E-state index contributed by atoms with van der Waals surface area (Å²) in [4.78, 5) is 21.1. The van der Waals surface area contributed by atoms with Crippen LogP contribution in [-0.4, -0.2) is 78.5 Å². The first-order valence-corrected chi connectivity index (χ1v) is 9.29. The Kier molecular flexibility index (Phi) is 10.4. The number of nitrogens with zero attached hydrogens (tertiary/aromatic N) is 1. The summed E-state index contributed by atoms with van der Waals surface area (Å²) in [7, 11) is 1.38.